The number of nitrogens with one attached hydrogen (secondary N) is 2. The van der Waals surface area contributed by atoms with E-state index in [9.17, 15) is 9.59 Å². The predicted octanol–water partition coefficient (Wildman–Crippen LogP) is 2.24. The second-order valence-electron chi connectivity index (χ2n) is 5.88. The highest BCUT2D eigenvalue weighted by Gasteiger charge is 2.29. The smallest absolute Gasteiger partial charge is 0.251 e. The fourth-order valence-corrected chi connectivity index (χ4v) is 3.24. The van der Waals surface area contributed by atoms with Gasteiger partial charge in [0, 0.05) is 30.2 Å². The van der Waals surface area contributed by atoms with Crippen molar-refractivity contribution in [2.24, 2.45) is 0 Å². The van der Waals surface area contributed by atoms with Gasteiger partial charge in [-0.2, -0.15) is 0 Å². The van der Waals surface area contributed by atoms with Crippen LogP contribution in [0, 0.1) is 0 Å². The van der Waals surface area contributed by atoms with Crippen molar-refractivity contribution in [1.82, 2.24) is 15.5 Å². The van der Waals surface area contributed by atoms with Gasteiger partial charge < -0.3 is 15.5 Å². The van der Waals surface area contributed by atoms with E-state index in [1.54, 1.807) is 29.2 Å². The van der Waals surface area contributed by atoms with Crippen LogP contribution < -0.4 is 10.6 Å². The highest BCUT2D eigenvalue weighted by molar-refractivity contribution is 6.31. The van der Waals surface area contributed by atoms with E-state index in [2.05, 4.69) is 10.6 Å². The van der Waals surface area contributed by atoms with Gasteiger partial charge in [-0.1, -0.05) is 48.0 Å². The van der Waals surface area contributed by atoms with Crippen molar-refractivity contribution in [1.29, 1.82) is 0 Å². The van der Waals surface area contributed by atoms with Gasteiger partial charge in [0.15, 0.2) is 0 Å². The van der Waals surface area contributed by atoms with Crippen molar-refractivity contribution in [3.8, 4) is 0 Å². The fraction of sp³-hybridized carbons (Fsp3) is 0.263. The first-order chi connectivity index (χ1) is 12.2. The van der Waals surface area contributed by atoms with Gasteiger partial charge in [0.25, 0.3) is 5.91 Å². The molecule has 1 fully saturated rings. The number of halogens is 1. The van der Waals surface area contributed by atoms with E-state index < -0.39 is 0 Å². The lowest BCUT2D eigenvalue weighted by molar-refractivity contribution is -0.133. The molecule has 3 rings (SSSR count). The molecule has 1 unspecified atom stereocenters. The summed E-state index contributed by atoms with van der Waals surface area (Å²) in [4.78, 5) is 26.6. The molecule has 0 aliphatic carbocycles. The molecule has 1 atom stereocenters. The highest BCUT2D eigenvalue weighted by atomic mass is 35.5. The van der Waals surface area contributed by atoms with Crippen LogP contribution >= 0.6 is 11.6 Å². The Hall–Kier alpha value is -2.37. The molecule has 0 radical (unpaired) electrons. The van der Waals surface area contributed by atoms with E-state index in [1.807, 2.05) is 30.3 Å². The summed E-state index contributed by atoms with van der Waals surface area (Å²) in [6.45, 7) is 1.91. The van der Waals surface area contributed by atoms with Gasteiger partial charge in [-0.15, -0.1) is 0 Å². The molecule has 2 amide bonds. The molecular formula is C19H20ClN3O2. The average molecular weight is 358 g/mol. The highest BCUT2D eigenvalue weighted by Crippen LogP contribution is 2.28. The first-order valence-corrected chi connectivity index (χ1v) is 8.62. The zero-order valence-electron chi connectivity index (χ0n) is 13.7. The van der Waals surface area contributed by atoms with E-state index in [0.29, 0.717) is 23.7 Å². The zero-order chi connectivity index (χ0) is 17.6. The van der Waals surface area contributed by atoms with Crippen LogP contribution in [-0.2, 0) is 4.79 Å². The van der Waals surface area contributed by atoms with E-state index in [0.717, 1.165) is 12.1 Å². The summed E-state index contributed by atoms with van der Waals surface area (Å²) in [5.41, 5.74) is 1.46. The Labute approximate surface area is 152 Å². The summed E-state index contributed by atoms with van der Waals surface area (Å²) < 4.78 is 0. The van der Waals surface area contributed by atoms with E-state index in [-0.39, 0.29) is 24.4 Å². The third kappa shape index (κ3) is 4.18. The fourth-order valence-electron chi connectivity index (χ4n) is 2.98. The third-order valence-corrected chi connectivity index (χ3v) is 4.61. The quantitative estimate of drug-likeness (QED) is 0.882. The van der Waals surface area contributed by atoms with Crippen LogP contribution in [0.1, 0.15) is 22.0 Å². The van der Waals surface area contributed by atoms with Gasteiger partial charge in [0.1, 0.15) is 0 Å². The monoisotopic (exact) mass is 357 g/mol. The average Bonchev–Trinajstić information content (AvgIpc) is 2.67. The van der Waals surface area contributed by atoms with Gasteiger partial charge in [-0.3, -0.25) is 9.59 Å². The number of amides is 2. The van der Waals surface area contributed by atoms with Crippen LogP contribution in [0.15, 0.2) is 54.6 Å². The van der Waals surface area contributed by atoms with Crippen molar-refractivity contribution in [2.75, 3.05) is 26.2 Å². The van der Waals surface area contributed by atoms with Crippen LogP contribution in [0.2, 0.25) is 5.02 Å². The Balaban J connectivity index is 1.67. The summed E-state index contributed by atoms with van der Waals surface area (Å²) in [7, 11) is 0. The van der Waals surface area contributed by atoms with E-state index in [4.69, 9.17) is 11.6 Å². The molecular weight excluding hydrogens is 338 g/mol. The van der Waals surface area contributed by atoms with Gasteiger partial charge in [-0.05, 0) is 23.8 Å². The molecule has 2 aromatic carbocycles. The minimum Gasteiger partial charge on any atom is -0.343 e. The van der Waals surface area contributed by atoms with E-state index >= 15 is 0 Å². The molecule has 1 heterocycles. The number of piperazine rings is 1. The predicted molar refractivity (Wildman–Crippen MR) is 97.6 cm³/mol. The molecule has 5 nitrogen and oxygen atoms in total. The Morgan fingerprint density at radius 3 is 2.60 bits per heavy atom. The molecule has 1 aliphatic rings. The van der Waals surface area contributed by atoms with Crippen LogP contribution in [0.4, 0.5) is 0 Å². The van der Waals surface area contributed by atoms with Gasteiger partial charge in [0.2, 0.25) is 5.91 Å². The maximum Gasteiger partial charge on any atom is 0.251 e. The van der Waals surface area contributed by atoms with Crippen LogP contribution in [0.5, 0.6) is 0 Å². The molecule has 0 aromatic heterocycles. The van der Waals surface area contributed by atoms with Crippen molar-refractivity contribution >= 4 is 23.4 Å². The molecule has 2 aromatic rings. The number of hydrogen-bond acceptors (Lipinski definition) is 3. The molecule has 0 saturated carbocycles. The number of nitrogens with zero attached hydrogens (tertiary/aromatic N) is 1. The lowest BCUT2D eigenvalue weighted by atomic mass is 10.0. The lowest BCUT2D eigenvalue weighted by Gasteiger charge is -2.37. The van der Waals surface area contributed by atoms with Crippen LogP contribution in [-0.4, -0.2) is 42.9 Å². The Bertz CT molecular complexity index is 751. The molecule has 1 saturated heterocycles. The summed E-state index contributed by atoms with van der Waals surface area (Å²) in [5.74, 6) is -0.367. The Kier molecular flexibility index (Phi) is 5.68. The third-order valence-electron chi connectivity index (χ3n) is 4.26. The number of hydrogen-bond donors (Lipinski definition) is 2. The molecule has 130 valence electrons. The van der Waals surface area contributed by atoms with Crippen LogP contribution in [0.25, 0.3) is 0 Å². The van der Waals surface area contributed by atoms with Crippen molar-refractivity contribution in [3.05, 3.63) is 70.7 Å². The van der Waals surface area contributed by atoms with Crippen LogP contribution in [0.3, 0.4) is 0 Å². The second kappa shape index (κ2) is 8.14. The minimum atomic E-state index is -0.252. The second-order valence-corrected chi connectivity index (χ2v) is 6.28. The van der Waals surface area contributed by atoms with Gasteiger partial charge in [0.05, 0.1) is 12.6 Å². The minimum absolute atomic E-state index is 0.0331. The molecule has 25 heavy (non-hydrogen) atoms. The molecule has 1 aliphatic heterocycles. The molecule has 0 bridgehead atoms. The Morgan fingerprint density at radius 2 is 1.84 bits per heavy atom. The van der Waals surface area contributed by atoms with Gasteiger partial charge >= 0.3 is 0 Å². The molecule has 2 N–H and O–H groups in total. The normalized spacial score (nSPS) is 17.2. The molecule has 6 heteroatoms. The first-order valence-electron chi connectivity index (χ1n) is 8.24. The summed E-state index contributed by atoms with van der Waals surface area (Å²) in [6.07, 6.45) is 0. The summed E-state index contributed by atoms with van der Waals surface area (Å²) >= 11 is 6.30. The number of carbonyl (C=O) groups is 2. The summed E-state index contributed by atoms with van der Waals surface area (Å²) in [5, 5.41) is 6.64. The maximum atomic E-state index is 12.7. The van der Waals surface area contributed by atoms with Gasteiger partial charge in [-0.25, -0.2) is 0 Å². The largest absolute Gasteiger partial charge is 0.343 e. The standard InChI is InChI=1S/C19H20ClN3O2/c20-16-9-5-4-8-15(16)17-12-21-10-11-23(17)18(24)13-22-19(25)14-6-2-1-3-7-14/h1-9,17,21H,10-13H2,(H,22,25). The molecule has 0 spiro atoms. The van der Waals surface area contributed by atoms with Crippen molar-refractivity contribution in [2.45, 2.75) is 6.04 Å². The van der Waals surface area contributed by atoms with Crippen molar-refractivity contribution in [3.63, 3.8) is 0 Å². The Morgan fingerprint density at radius 1 is 1.12 bits per heavy atom. The topological polar surface area (TPSA) is 61.4 Å². The van der Waals surface area contributed by atoms with Crippen molar-refractivity contribution < 1.29 is 9.59 Å². The lowest BCUT2D eigenvalue weighted by Crippen LogP contribution is -2.51. The number of carbonyl (C=O) groups excluding carboxylic acids is 2. The first kappa shape index (κ1) is 17.5. The SMILES string of the molecule is O=C(NCC(=O)N1CCNCC1c1ccccc1Cl)c1ccccc1. The summed E-state index contributed by atoms with van der Waals surface area (Å²) in [6, 6.07) is 16.3. The number of rotatable bonds is 4. The zero-order valence-corrected chi connectivity index (χ0v) is 14.5. The maximum absolute atomic E-state index is 12.7. The van der Waals surface area contributed by atoms with E-state index in [1.165, 1.54) is 0 Å². The number of benzene rings is 2.